The van der Waals surface area contributed by atoms with Gasteiger partial charge in [0, 0.05) is 28.7 Å². The first-order valence-electron chi connectivity index (χ1n) is 6.33. The molecule has 0 saturated heterocycles. The Kier molecular flexibility index (Phi) is 2.60. The summed E-state index contributed by atoms with van der Waals surface area (Å²) in [6.45, 7) is 0. The molecule has 20 heavy (non-hydrogen) atoms. The van der Waals surface area contributed by atoms with Crippen LogP contribution in [0.2, 0.25) is 0 Å². The molecule has 0 aliphatic carbocycles. The Labute approximate surface area is 120 Å². The van der Waals surface area contributed by atoms with Crippen LogP contribution < -0.4 is 0 Å². The lowest BCUT2D eigenvalue weighted by Gasteiger charge is -2.05. The lowest BCUT2D eigenvalue weighted by atomic mass is 10.2. The molecule has 0 aliphatic heterocycles. The summed E-state index contributed by atoms with van der Waals surface area (Å²) in [6.07, 6.45) is 5.73. The number of aromatic nitrogens is 3. The van der Waals surface area contributed by atoms with Crippen LogP contribution in [0.5, 0.6) is 0 Å². The molecule has 4 heteroatoms. The van der Waals surface area contributed by atoms with Gasteiger partial charge in [-0.15, -0.1) is 0 Å². The van der Waals surface area contributed by atoms with Crippen LogP contribution in [0, 0.1) is 0 Å². The van der Waals surface area contributed by atoms with Crippen LogP contribution in [0.3, 0.4) is 0 Å². The van der Waals surface area contributed by atoms with Crippen molar-refractivity contribution in [1.82, 2.24) is 14.5 Å². The maximum atomic E-state index is 4.54. The average Bonchev–Trinajstić information content (AvgIpc) is 3.17. The molecule has 4 aromatic heterocycles. The predicted octanol–water partition coefficient (Wildman–Crippen LogP) is 4.15. The van der Waals surface area contributed by atoms with Crippen LogP contribution in [0.15, 0.2) is 65.7 Å². The van der Waals surface area contributed by atoms with Crippen molar-refractivity contribution in [3.8, 4) is 16.9 Å². The number of rotatable bonds is 2. The highest BCUT2D eigenvalue weighted by Crippen LogP contribution is 2.22. The summed E-state index contributed by atoms with van der Waals surface area (Å²) < 4.78 is 2.06. The molecule has 0 amide bonds. The zero-order valence-corrected chi connectivity index (χ0v) is 11.4. The predicted molar refractivity (Wildman–Crippen MR) is 82.2 cm³/mol. The molecule has 0 bridgehead atoms. The molecule has 0 N–H and O–H groups in total. The van der Waals surface area contributed by atoms with Gasteiger partial charge in [0.2, 0.25) is 0 Å². The highest BCUT2D eigenvalue weighted by Gasteiger charge is 2.05. The smallest absolute Gasteiger partial charge is 0.144 e. The molecule has 0 spiro atoms. The molecule has 4 heterocycles. The van der Waals surface area contributed by atoms with Crippen molar-refractivity contribution in [2.45, 2.75) is 0 Å². The van der Waals surface area contributed by atoms with Gasteiger partial charge in [0.15, 0.2) is 0 Å². The summed E-state index contributed by atoms with van der Waals surface area (Å²) in [5.41, 5.74) is 4.15. The third kappa shape index (κ3) is 1.82. The minimum atomic E-state index is 0.956. The first-order valence-corrected chi connectivity index (χ1v) is 7.27. The largest absolute Gasteiger partial charge is 0.300 e. The standard InChI is InChI=1S/C16H11N3S/c1-2-12-5-8-19(16(12)17-7-1)14-3-4-15(18-10-14)13-6-9-20-11-13/h1-11H. The molecular formula is C16H11N3S. The maximum absolute atomic E-state index is 4.54. The van der Waals surface area contributed by atoms with E-state index in [1.807, 2.05) is 30.7 Å². The molecule has 0 aromatic carbocycles. The second-order valence-corrected chi connectivity index (χ2v) is 5.30. The fraction of sp³-hybridized carbons (Fsp3) is 0. The van der Waals surface area contributed by atoms with Crippen molar-refractivity contribution in [2.75, 3.05) is 0 Å². The van der Waals surface area contributed by atoms with Crippen molar-refractivity contribution in [3.05, 3.63) is 65.7 Å². The zero-order valence-electron chi connectivity index (χ0n) is 10.6. The van der Waals surface area contributed by atoms with Gasteiger partial charge in [0.25, 0.3) is 0 Å². The van der Waals surface area contributed by atoms with E-state index in [9.17, 15) is 0 Å². The minimum absolute atomic E-state index is 0.956. The number of hydrogen-bond donors (Lipinski definition) is 0. The monoisotopic (exact) mass is 277 g/mol. The van der Waals surface area contributed by atoms with E-state index in [-0.39, 0.29) is 0 Å². The number of hydrogen-bond acceptors (Lipinski definition) is 3. The van der Waals surface area contributed by atoms with Crippen molar-refractivity contribution < 1.29 is 0 Å². The van der Waals surface area contributed by atoms with Gasteiger partial charge >= 0.3 is 0 Å². The Balaban J connectivity index is 1.79. The third-order valence-electron chi connectivity index (χ3n) is 3.29. The van der Waals surface area contributed by atoms with Gasteiger partial charge in [0.05, 0.1) is 17.6 Å². The molecule has 0 aliphatic rings. The summed E-state index contributed by atoms with van der Waals surface area (Å²) in [7, 11) is 0. The Hall–Kier alpha value is -2.46. The normalized spacial score (nSPS) is 11.0. The van der Waals surface area contributed by atoms with E-state index in [1.54, 1.807) is 11.3 Å². The molecule has 0 radical (unpaired) electrons. The van der Waals surface area contributed by atoms with Crippen LogP contribution in [-0.4, -0.2) is 14.5 Å². The van der Waals surface area contributed by atoms with E-state index < -0.39 is 0 Å². The van der Waals surface area contributed by atoms with Crippen LogP contribution >= 0.6 is 11.3 Å². The van der Waals surface area contributed by atoms with Crippen molar-refractivity contribution in [1.29, 1.82) is 0 Å². The highest BCUT2D eigenvalue weighted by molar-refractivity contribution is 7.08. The first kappa shape index (κ1) is 11.4. The SMILES string of the molecule is c1cnc2c(c1)ccn2-c1ccc(-c2ccsc2)nc1. The molecule has 0 saturated carbocycles. The maximum Gasteiger partial charge on any atom is 0.144 e. The first-order chi connectivity index (χ1) is 9.92. The van der Waals surface area contributed by atoms with Gasteiger partial charge in [-0.2, -0.15) is 11.3 Å². The third-order valence-corrected chi connectivity index (χ3v) is 3.97. The quantitative estimate of drug-likeness (QED) is 0.551. The van der Waals surface area contributed by atoms with E-state index in [4.69, 9.17) is 0 Å². The second kappa shape index (κ2) is 4.58. The summed E-state index contributed by atoms with van der Waals surface area (Å²) in [5, 5.41) is 5.30. The minimum Gasteiger partial charge on any atom is -0.300 e. The number of fused-ring (bicyclic) bond motifs is 1. The molecule has 0 atom stereocenters. The fourth-order valence-corrected chi connectivity index (χ4v) is 2.93. The highest BCUT2D eigenvalue weighted by atomic mass is 32.1. The molecule has 4 aromatic rings. The summed E-state index contributed by atoms with van der Waals surface area (Å²) in [5.74, 6) is 0. The Bertz CT molecular complexity index is 845. The van der Waals surface area contributed by atoms with Crippen LogP contribution in [0.1, 0.15) is 0 Å². The Morgan fingerprint density at radius 1 is 1.00 bits per heavy atom. The van der Waals surface area contributed by atoms with Crippen LogP contribution in [-0.2, 0) is 0 Å². The van der Waals surface area contributed by atoms with Crippen molar-refractivity contribution in [2.24, 2.45) is 0 Å². The van der Waals surface area contributed by atoms with E-state index in [0.29, 0.717) is 0 Å². The van der Waals surface area contributed by atoms with Gasteiger partial charge in [-0.25, -0.2) is 4.98 Å². The lowest BCUT2D eigenvalue weighted by molar-refractivity contribution is 1.07. The van der Waals surface area contributed by atoms with E-state index in [0.717, 1.165) is 28.0 Å². The molecule has 4 rings (SSSR count). The number of pyridine rings is 2. The van der Waals surface area contributed by atoms with Crippen LogP contribution in [0.25, 0.3) is 28.0 Å². The van der Waals surface area contributed by atoms with Gasteiger partial charge in [-0.05, 0) is 41.8 Å². The Morgan fingerprint density at radius 2 is 2.00 bits per heavy atom. The van der Waals surface area contributed by atoms with Crippen molar-refractivity contribution >= 4 is 22.4 Å². The zero-order chi connectivity index (χ0) is 13.4. The van der Waals surface area contributed by atoms with Gasteiger partial charge in [-0.1, -0.05) is 0 Å². The molecule has 0 fully saturated rings. The molecular weight excluding hydrogens is 266 g/mol. The number of nitrogens with zero attached hydrogens (tertiary/aromatic N) is 3. The van der Waals surface area contributed by atoms with Gasteiger partial charge in [-0.3, -0.25) is 9.55 Å². The van der Waals surface area contributed by atoms with Crippen molar-refractivity contribution in [3.63, 3.8) is 0 Å². The lowest BCUT2D eigenvalue weighted by Crippen LogP contribution is -1.94. The fourth-order valence-electron chi connectivity index (χ4n) is 2.28. The summed E-state index contributed by atoms with van der Waals surface area (Å²) in [4.78, 5) is 8.97. The van der Waals surface area contributed by atoms with Gasteiger partial charge < -0.3 is 0 Å². The summed E-state index contributed by atoms with van der Waals surface area (Å²) >= 11 is 1.68. The van der Waals surface area contributed by atoms with Gasteiger partial charge in [0.1, 0.15) is 5.65 Å². The average molecular weight is 277 g/mol. The van der Waals surface area contributed by atoms with E-state index in [2.05, 4.69) is 49.6 Å². The molecule has 0 unspecified atom stereocenters. The molecule has 96 valence electrons. The van der Waals surface area contributed by atoms with Crippen LogP contribution in [0.4, 0.5) is 0 Å². The topological polar surface area (TPSA) is 30.7 Å². The summed E-state index contributed by atoms with van der Waals surface area (Å²) in [6, 6.07) is 12.3. The van der Waals surface area contributed by atoms with E-state index in [1.165, 1.54) is 0 Å². The second-order valence-electron chi connectivity index (χ2n) is 4.52. The molecule has 3 nitrogen and oxygen atoms in total. The van der Waals surface area contributed by atoms with E-state index >= 15 is 0 Å². The number of thiophene rings is 1. The Morgan fingerprint density at radius 3 is 2.80 bits per heavy atom.